The highest BCUT2D eigenvalue weighted by molar-refractivity contribution is 5.76. The van der Waals surface area contributed by atoms with Crippen molar-refractivity contribution in [2.75, 3.05) is 13.1 Å². The lowest BCUT2D eigenvalue weighted by Gasteiger charge is -2.41. The van der Waals surface area contributed by atoms with Gasteiger partial charge in [-0.1, -0.05) is 37.3 Å². The number of carbonyl (C=O) groups excluding carboxylic acids is 1. The first kappa shape index (κ1) is 18.4. The second-order valence-corrected chi connectivity index (χ2v) is 7.58. The normalized spacial score (nSPS) is 20.2. The number of aromatic amines is 1. The van der Waals surface area contributed by atoms with E-state index in [1.165, 1.54) is 5.56 Å². The number of piperidine rings is 1. The number of aryl methyl sites for hydroxylation is 2. The van der Waals surface area contributed by atoms with Gasteiger partial charge in [-0.2, -0.15) is 4.98 Å². The summed E-state index contributed by atoms with van der Waals surface area (Å²) in [6.45, 7) is 7.53. The summed E-state index contributed by atoms with van der Waals surface area (Å²) in [4.78, 5) is 32.9. The van der Waals surface area contributed by atoms with Crippen molar-refractivity contribution in [3.8, 4) is 0 Å². The summed E-state index contributed by atoms with van der Waals surface area (Å²) < 4.78 is 0. The van der Waals surface area contributed by atoms with E-state index in [0.717, 1.165) is 37.2 Å². The summed E-state index contributed by atoms with van der Waals surface area (Å²) in [5.74, 6) is 0.178. The van der Waals surface area contributed by atoms with Crippen molar-refractivity contribution in [1.29, 1.82) is 0 Å². The Kier molecular flexibility index (Phi) is 5.25. The zero-order chi connectivity index (χ0) is 18.7. The van der Waals surface area contributed by atoms with E-state index in [9.17, 15) is 9.59 Å². The minimum absolute atomic E-state index is 0.0144. The molecule has 5 heteroatoms. The lowest BCUT2D eigenvalue weighted by Crippen LogP contribution is -2.47. The van der Waals surface area contributed by atoms with Crippen LogP contribution >= 0.6 is 0 Å². The Morgan fingerprint density at radius 3 is 2.69 bits per heavy atom. The van der Waals surface area contributed by atoms with Crippen LogP contribution in [0.5, 0.6) is 0 Å². The van der Waals surface area contributed by atoms with Crippen LogP contribution in [0, 0.1) is 13.8 Å². The van der Waals surface area contributed by atoms with Crippen molar-refractivity contribution in [1.82, 2.24) is 14.9 Å². The second kappa shape index (κ2) is 7.44. The highest BCUT2D eigenvalue weighted by Crippen LogP contribution is 2.33. The third-order valence-electron chi connectivity index (χ3n) is 5.56. The van der Waals surface area contributed by atoms with Gasteiger partial charge in [-0.15, -0.1) is 0 Å². The summed E-state index contributed by atoms with van der Waals surface area (Å²) in [7, 11) is 0. The van der Waals surface area contributed by atoms with Crippen LogP contribution in [-0.4, -0.2) is 33.9 Å². The predicted molar refractivity (Wildman–Crippen MR) is 102 cm³/mol. The first-order chi connectivity index (χ1) is 12.4. The molecular weight excluding hydrogens is 326 g/mol. The summed E-state index contributed by atoms with van der Waals surface area (Å²) >= 11 is 0. The van der Waals surface area contributed by atoms with Gasteiger partial charge in [0.15, 0.2) is 0 Å². The van der Waals surface area contributed by atoms with Gasteiger partial charge < -0.3 is 9.88 Å². The fourth-order valence-electron chi connectivity index (χ4n) is 4.04. The predicted octanol–water partition coefficient (Wildman–Crippen LogP) is 2.90. The number of H-pyrrole nitrogens is 1. The van der Waals surface area contributed by atoms with Crippen molar-refractivity contribution >= 4 is 5.91 Å². The molecule has 0 spiro atoms. The van der Waals surface area contributed by atoms with Crippen LogP contribution in [0.25, 0.3) is 0 Å². The minimum atomic E-state index is -0.329. The molecule has 0 bridgehead atoms. The average molecular weight is 353 g/mol. The minimum Gasteiger partial charge on any atom is -0.342 e. The number of rotatable bonds is 4. The smallest absolute Gasteiger partial charge is 0.342 e. The molecule has 138 valence electrons. The van der Waals surface area contributed by atoms with Crippen LogP contribution in [0.2, 0.25) is 0 Å². The van der Waals surface area contributed by atoms with E-state index in [0.29, 0.717) is 18.5 Å². The van der Waals surface area contributed by atoms with Crippen LogP contribution in [0.3, 0.4) is 0 Å². The molecule has 5 nitrogen and oxygen atoms in total. The van der Waals surface area contributed by atoms with Crippen molar-refractivity contribution in [2.24, 2.45) is 0 Å². The van der Waals surface area contributed by atoms with Gasteiger partial charge in [0.25, 0.3) is 0 Å². The molecular formula is C21H27N3O2. The van der Waals surface area contributed by atoms with Crippen LogP contribution < -0.4 is 5.69 Å². The summed E-state index contributed by atoms with van der Waals surface area (Å²) in [5.41, 5.74) is 3.48. The first-order valence-corrected chi connectivity index (χ1v) is 9.29. The molecule has 1 aromatic carbocycles. The maximum Gasteiger partial charge on any atom is 0.345 e. The number of nitrogens with one attached hydrogen (secondary N) is 1. The molecule has 1 saturated heterocycles. The van der Waals surface area contributed by atoms with Crippen molar-refractivity contribution in [3.05, 3.63) is 63.3 Å². The fraction of sp³-hybridized carbons (Fsp3) is 0.476. The molecule has 1 aliphatic rings. The lowest BCUT2D eigenvalue weighted by molar-refractivity contribution is -0.133. The molecule has 0 aliphatic carbocycles. The monoisotopic (exact) mass is 353 g/mol. The van der Waals surface area contributed by atoms with Crippen LogP contribution in [-0.2, 0) is 16.6 Å². The molecule has 1 unspecified atom stereocenters. The number of nitrogens with zero attached hydrogens (tertiary/aromatic N) is 2. The number of hydrogen-bond acceptors (Lipinski definition) is 3. The molecule has 1 amide bonds. The largest absolute Gasteiger partial charge is 0.345 e. The third-order valence-corrected chi connectivity index (χ3v) is 5.56. The number of amides is 1. The topological polar surface area (TPSA) is 66.1 Å². The molecule has 1 aliphatic heterocycles. The molecule has 0 saturated carbocycles. The molecule has 1 fully saturated rings. The van der Waals surface area contributed by atoms with E-state index < -0.39 is 0 Å². The second-order valence-electron chi connectivity index (χ2n) is 7.58. The van der Waals surface area contributed by atoms with Gasteiger partial charge in [0.2, 0.25) is 5.91 Å². The van der Waals surface area contributed by atoms with Gasteiger partial charge in [-0.3, -0.25) is 4.79 Å². The van der Waals surface area contributed by atoms with Gasteiger partial charge >= 0.3 is 5.69 Å². The summed E-state index contributed by atoms with van der Waals surface area (Å²) in [5, 5.41) is 0. The van der Waals surface area contributed by atoms with E-state index in [-0.39, 0.29) is 17.0 Å². The molecule has 2 aromatic rings. The van der Waals surface area contributed by atoms with E-state index in [1.54, 1.807) is 0 Å². The fourth-order valence-corrected chi connectivity index (χ4v) is 4.04. The Labute approximate surface area is 154 Å². The van der Waals surface area contributed by atoms with Crippen molar-refractivity contribution in [2.45, 2.75) is 51.9 Å². The van der Waals surface area contributed by atoms with E-state index in [4.69, 9.17) is 0 Å². The molecule has 1 aromatic heterocycles. The third kappa shape index (κ3) is 3.87. The average Bonchev–Trinajstić information content (AvgIpc) is 2.61. The Balaban J connectivity index is 1.68. The number of benzene rings is 1. The van der Waals surface area contributed by atoms with Gasteiger partial charge in [0.1, 0.15) is 0 Å². The first-order valence-electron chi connectivity index (χ1n) is 9.29. The van der Waals surface area contributed by atoms with Gasteiger partial charge in [-0.05, 0) is 44.2 Å². The number of carbonyl (C=O) groups is 1. The van der Waals surface area contributed by atoms with E-state index in [2.05, 4.69) is 41.2 Å². The number of likely N-dealkylation sites (tertiary alicyclic amines) is 1. The maximum absolute atomic E-state index is 12.8. The maximum atomic E-state index is 12.8. The SMILES string of the molecule is Cc1nc(=O)[nH]c(C)c1CCC(=O)N1CCCC(C)(c2ccccc2)C1. The quantitative estimate of drug-likeness (QED) is 0.919. The van der Waals surface area contributed by atoms with Crippen molar-refractivity contribution in [3.63, 3.8) is 0 Å². The van der Waals surface area contributed by atoms with Crippen LogP contribution in [0.15, 0.2) is 35.1 Å². The van der Waals surface area contributed by atoms with E-state index in [1.807, 2.05) is 24.8 Å². The Hall–Kier alpha value is -2.43. The van der Waals surface area contributed by atoms with Crippen LogP contribution in [0.1, 0.15) is 48.7 Å². The van der Waals surface area contributed by atoms with Gasteiger partial charge in [0.05, 0.1) is 0 Å². The molecule has 26 heavy (non-hydrogen) atoms. The molecule has 1 N–H and O–H groups in total. The van der Waals surface area contributed by atoms with Crippen LogP contribution in [0.4, 0.5) is 0 Å². The Bertz CT molecular complexity index is 818. The zero-order valence-electron chi connectivity index (χ0n) is 15.8. The Morgan fingerprint density at radius 1 is 1.27 bits per heavy atom. The van der Waals surface area contributed by atoms with E-state index >= 15 is 0 Å². The summed E-state index contributed by atoms with van der Waals surface area (Å²) in [6.07, 6.45) is 3.18. The molecule has 2 heterocycles. The molecule has 0 radical (unpaired) electrons. The Morgan fingerprint density at radius 2 is 2.00 bits per heavy atom. The standard InChI is InChI=1S/C21H27N3O2/c1-15-18(16(2)23-20(26)22-15)10-11-19(25)24-13-7-12-21(3,14-24)17-8-5-4-6-9-17/h4-6,8-9H,7,10-14H2,1-3H3,(H,22,23,26). The number of hydrogen-bond donors (Lipinski definition) is 1. The highest BCUT2D eigenvalue weighted by atomic mass is 16.2. The molecule has 1 atom stereocenters. The van der Waals surface area contributed by atoms with Crippen molar-refractivity contribution < 1.29 is 4.79 Å². The lowest BCUT2D eigenvalue weighted by atomic mass is 9.76. The number of aromatic nitrogens is 2. The summed E-state index contributed by atoms with van der Waals surface area (Å²) in [6, 6.07) is 10.5. The zero-order valence-corrected chi connectivity index (χ0v) is 15.8. The highest BCUT2D eigenvalue weighted by Gasteiger charge is 2.34. The van der Waals surface area contributed by atoms with Gasteiger partial charge in [-0.25, -0.2) is 4.79 Å². The van der Waals surface area contributed by atoms with Gasteiger partial charge in [0, 0.05) is 36.3 Å². The molecule has 3 rings (SSSR count).